The first-order chi connectivity index (χ1) is 16.0. The molecule has 0 bridgehead atoms. The molecule has 2 fully saturated rings. The molecule has 1 N–H and O–H groups in total. The Morgan fingerprint density at radius 1 is 1.18 bits per heavy atom. The Balaban J connectivity index is 1.26. The fourth-order valence-corrected chi connectivity index (χ4v) is 4.91. The van der Waals surface area contributed by atoms with E-state index in [1.807, 2.05) is 12.3 Å². The van der Waals surface area contributed by atoms with Gasteiger partial charge in [0.15, 0.2) is 11.3 Å². The zero-order valence-corrected chi connectivity index (χ0v) is 18.2. The molecule has 0 unspecified atom stereocenters. The van der Waals surface area contributed by atoms with E-state index in [9.17, 15) is 8.78 Å². The van der Waals surface area contributed by atoms with Gasteiger partial charge >= 0.3 is 0 Å². The van der Waals surface area contributed by atoms with Gasteiger partial charge in [0, 0.05) is 23.2 Å². The molecule has 1 spiro atoms. The molecule has 5 heterocycles. The SMILES string of the molecule is Cc1nc2ncc(-c3ccn4nc(NC5CCC6(CC5)COC6)ncc34)nc2n1CC(F)F. The lowest BCUT2D eigenvalue weighted by atomic mass is 9.71. The van der Waals surface area contributed by atoms with Gasteiger partial charge in [0.1, 0.15) is 5.82 Å². The zero-order chi connectivity index (χ0) is 22.6. The third-order valence-corrected chi connectivity index (χ3v) is 6.86. The first-order valence-corrected chi connectivity index (χ1v) is 11.2. The zero-order valence-electron chi connectivity index (χ0n) is 18.2. The van der Waals surface area contributed by atoms with Crippen molar-refractivity contribution in [1.82, 2.24) is 34.1 Å². The van der Waals surface area contributed by atoms with Crippen LogP contribution in [0.5, 0.6) is 0 Å². The molecular formula is C22H24F2N8O. The molecule has 0 radical (unpaired) electrons. The van der Waals surface area contributed by atoms with Crippen molar-refractivity contribution in [3.8, 4) is 11.3 Å². The number of aromatic nitrogens is 7. The summed E-state index contributed by atoms with van der Waals surface area (Å²) in [4.78, 5) is 17.7. The minimum Gasteiger partial charge on any atom is -0.380 e. The van der Waals surface area contributed by atoms with E-state index in [4.69, 9.17) is 4.74 Å². The van der Waals surface area contributed by atoms with Gasteiger partial charge < -0.3 is 14.6 Å². The average molecular weight is 454 g/mol. The van der Waals surface area contributed by atoms with E-state index in [-0.39, 0.29) is 0 Å². The Morgan fingerprint density at radius 2 is 2.00 bits per heavy atom. The number of anilines is 1. The second-order valence-electron chi connectivity index (χ2n) is 9.12. The molecule has 0 atom stereocenters. The Hall–Kier alpha value is -3.21. The number of rotatable bonds is 5. The lowest BCUT2D eigenvalue weighted by Gasteiger charge is -2.46. The Bertz CT molecular complexity index is 1320. The number of hydrogen-bond donors (Lipinski definition) is 1. The van der Waals surface area contributed by atoms with Crippen LogP contribution in [0, 0.1) is 12.3 Å². The molecular weight excluding hydrogens is 430 g/mol. The maximum Gasteiger partial charge on any atom is 0.256 e. The van der Waals surface area contributed by atoms with E-state index in [0.717, 1.165) is 37.1 Å². The lowest BCUT2D eigenvalue weighted by molar-refractivity contribution is -0.131. The number of hydrogen-bond acceptors (Lipinski definition) is 7. The summed E-state index contributed by atoms with van der Waals surface area (Å²) in [6.07, 6.45) is 7.21. The van der Waals surface area contributed by atoms with Crippen molar-refractivity contribution >= 4 is 22.8 Å². The predicted octanol–water partition coefficient (Wildman–Crippen LogP) is 3.48. The van der Waals surface area contributed by atoms with Gasteiger partial charge in [-0.3, -0.25) is 0 Å². The van der Waals surface area contributed by atoms with Crippen molar-refractivity contribution in [1.29, 1.82) is 0 Å². The van der Waals surface area contributed by atoms with Gasteiger partial charge in [-0.25, -0.2) is 33.2 Å². The number of halogens is 2. The van der Waals surface area contributed by atoms with E-state index in [2.05, 4.69) is 30.4 Å². The average Bonchev–Trinajstić information content (AvgIpc) is 3.33. The monoisotopic (exact) mass is 454 g/mol. The van der Waals surface area contributed by atoms with Crippen molar-refractivity contribution in [3.63, 3.8) is 0 Å². The summed E-state index contributed by atoms with van der Waals surface area (Å²) in [5.41, 5.74) is 3.21. The topological polar surface area (TPSA) is 95.1 Å². The highest BCUT2D eigenvalue weighted by Crippen LogP contribution is 2.42. The largest absolute Gasteiger partial charge is 0.380 e. The van der Waals surface area contributed by atoms with Crippen molar-refractivity contribution in [3.05, 3.63) is 30.5 Å². The molecule has 2 aliphatic rings. The van der Waals surface area contributed by atoms with Crippen molar-refractivity contribution in [2.24, 2.45) is 5.41 Å². The normalized spacial score (nSPS) is 18.4. The van der Waals surface area contributed by atoms with Crippen LogP contribution >= 0.6 is 0 Å². The van der Waals surface area contributed by atoms with Crippen molar-refractivity contribution in [2.75, 3.05) is 18.5 Å². The van der Waals surface area contributed by atoms with Gasteiger partial charge in [-0.1, -0.05) is 0 Å². The molecule has 1 aliphatic heterocycles. The number of fused-ring (bicyclic) bond motifs is 2. The Labute approximate surface area is 188 Å². The van der Waals surface area contributed by atoms with Gasteiger partial charge in [0.2, 0.25) is 5.95 Å². The van der Waals surface area contributed by atoms with E-state index in [1.54, 1.807) is 23.8 Å². The summed E-state index contributed by atoms with van der Waals surface area (Å²) in [5, 5.41) is 8.08. The molecule has 11 heteroatoms. The summed E-state index contributed by atoms with van der Waals surface area (Å²) in [5.74, 6) is 1.05. The molecule has 4 aromatic heterocycles. The molecule has 4 aromatic rings. The summed E-state index contributed by atoms with van der Waals surface area (Å²) >= 11 is 0. The predicted molar refractivity (Wildman–Crippen MR) is 117 cm³/mol. The highest BCUT2D eigenvalue weighted by molar-refractivity contribution is 5.80. The number of nitrogens with zero attached hydrogens (tertiary/aromatic N) is 7. The summed E-state index contributed by atoms with van der Waals surface area (Å²) in [6, 6.07) is 2.24. The van der Waals surface area contributed by atoms with Crippen LogP contribution in [0.3, 0.4) is 0 Å². The first-order valence-electron chi connectivity index (χ1n) is 11.2. The Kier molecular flexibility index (Phi) is 4.75. The summed E-state index contributed by atoms with van der Waals surface area (Å²) in [7, 11) is 0. The third kappa shape index (κ3) is 3.60. The van der Waals surface area contributed by atoms with E-state index in [0.29, 0.717) is 40.2 Å². The van der Waals surface area contributed by atoms with Crippen LogP contribution in [0.4, 0.5) is 14.7 Å². The summed E-state index contributed by atoms with van der Waals surface area (Å²) < 4.78 is 34.6. The van der Waals surface area contributed by atoms with Gasteiger partial charge in [0.05, 0.1) is 43.4 Å². The van der Waals surface area contributed by atoms with Crippen LogP contribution in [0.2, 0.25) is 0 Å². The van der Waals surface area contributed by atoms with Crippen molar-refractivity contribution in [2.45, 2.75) is 51.6 Å². The third-order valence-electron chi connectivity index (χ3n) is 6.86. The Morgan fingerprint density at radius 3 is 2.73 bits per heavy atom. The van der Waals surface area contributed by atoms with Crippen LogP contribution in [0.25, 0.3) is 28.1 Å². The number of nitrogens with one attached hydrogen (secondary N) is 1. The smallest absolute Gasteiger partial charge is 0.256 e. The fourth-order valence-electron chi connectivity index (χ4n) is 4.91. The minimum absolute atomic E-state index is 0.343. The minimum atomic E-state index is -2.50. The summed E-state index contributed by atoms with van der Waals surface area (Å²) in [6.45, 7) is 3.00. The molecule has 1 aliphatic carbocycles. The molecule has 33 heavy (non-hydrogen) atoms. The highest BCUT2D eigenvalue weighted by atomic mass is 19.3. The van der Waals surface area contributed by atoms with Crippen LogP contribution in [-0.4, -0.2) is 59.8 Å². The molecule has 0 aromatic carbocycles. The number of aryl methyl sites for hydroxylation is 1. The number of alkyl halides is 2. The lowest BCUT2D eigenvalue weighted by Crippen LogP contribution is -2.47. The second-order valence-corrected chi connectivity index (χ2v) is 9.12. The number of imidazole rings is 1. The van der Waals surface area contributed by atoms with E-state index < -0.39 is 13.0 Å². The fraction of sp³-hybridized carbons (Fsp3) is 0.500. The quantitative estimate of drug-likeness (QED) is 0.493. The van der Waals surface area contributed by atoms with Crippen LogP contribution < -0.4 is 5.32 Å². The van der Waals surface area contributed by atoms with Crippen LogP contribution in [0.15, 0.2) is 24.7 Å². The molecule has 0 amide bonds. The number of ether oxygens (including phenoxy) is 1. The first kappa shape index (κ1) is 20.4. The van der Waals surface area contributed by atoms with Gasteiger partial charge in [0.25, 0.3) is 6.43 Å². The van der Waals surface area contributed by atoms with Crippen LogP contribution in [0.1, 0.15) is 31.5 Å². The maximum absolute atomic E-state index is 13.0. The van der Waals surface area contributed by atoms with Gasteiger partial charge in [-0.05, 0) is 38.7 Å². The van der Waals surface area contributed by atoms with E-state index in [1.165, 1.54) is 17.4 Å². The maximum atomic E-state index is 13.0. The molecule has 1 saturated carbocycles. The molecule has 172 valence electrons. The highest BCUT2D eigenvalue weighted by Gasteiger charge is 2.41. The van der Waals surface area contributed by atoms with Gasteiger partial charge in [-0.15, -0.1) is 5.10 Å². The van der Waals surface area contributed by atoms with Crippen molar-refractivity contribution < 1.29 is 13.5 Å². The molecule has 6 rings (SSSR count). The van der Waals surface area contributed by atoms with Gasteiger partial charge in [-0.2, -0.15) is 0 Å². The van der Waals surface area contributed by atoms with Crippen LogP contribution in [-0.2, 0) is 11.3 Å². The second kappa shape index (κ2) is 7.68. The molecule has 9 nitrogen and oxygen atoms in total. The molecule has 1 saturated heterocycles. The van der Waals surface area contributed by atoms with E-state index >= 15 is 0 Å². The standard InChI is InChI=1S/C22H24F2N8O/c1-13-27-19-20(31(13)10-18(23)24)29-16(8-25-19)15-4-7-32-17(15)9-26-21(30-32)28-14-2-5-22(6-3-14)11-33-12-22/h4,7-9,14,18H,2-3,5-6,10-12H2,1H3,(H,28,30).